The van der Waals surface area contributed by atoms with Crippen LogP contribution in [0.3, 0.4) is 0 Å². The molecule has 152 valence electrons. The highest BCUT2D eigenvalue weighted by Crippen LogP contribution is 2.16. The molecule has 3 aromatic rings. The van der Waals surface area contributed by atoms with Crippen molar-refractivity contribution in [3.05, 3.63) is 66.2 Å². The topological polar surface area (TPSA) is 78.4 Å². The number of hydrogen-bond donors (Lipinski definition) is 2. The second-order valence-electron chi connectivity index (χ2n) is 6.41. The van der Waals surface area contributed by atoms with E-state index < -0.39 is 0 Å². The fourth-order valence-corrected chi connectivity index (χ4v) is 2.76. The molecule has 0 aliphatic carbocycles. The van der Waals surface area contributed by atoms with Gasteiger partial charge in [0.2, 0.25) is 0 Å². The first-order valence-electron chi connectivity index (χ1n) is 9.49. The average molecular weight is 396 g/mol. The molecule has 1 aromatic heterocycles. The molecule has 0 radical (unpaired) electrons. The van der Waals surface area contributed by atoms with E-state index in [0.29, 0.717) is 19.7 Å². The minimum Gasteiger partial charge on any atom is -0.489 e. The second kappa shape index (κ2) is 10.2. The van der Waals surface area contributed by atoms with Gasteiger partial charge in [0, 0.05) is 19.2 Å². The molecule has 0 aliphatic heterocycles. The smallest absolute Gasteiger partial charge is 0.194 e. The summed E-state index contributed by atoms with van der Waals surface area (Å²) in [5.74, 6) is 1.38. The van der Waals surface area contributed by atoms with Gasteiger partial charge in [-0.25, -0.2) is 14.4 Å². The minimum atomic E-state index is -0.359. The number of guanidine groups is 1. The van der Waals surface area contributed by atoms with Crippen LogP contribution in [0.1, 0.15) is 12.5 Å². The molecular formula is C21H25FN6O. The summed E-state index contributed by atoms with van der Waals surface area (Å²) in [6.45, 7) is 4.20. The Morgan fingerprint density at radius 1 is 1.24 bits per heavy atom. The summed E-state index contributed by atoms with van der Waals surface area (Å²) in [5.41, 5.74) is 2.03. The van der Waals surface area contributed by atoms with Crippen LogP contribution < -0.4 is 10.1 Å². The van der Waals surface area contributed by atoms with Crippen molar-refractivity contribution >= 4 is 5.96 Å². The number of likely N-dealkylation sites (N-methyl/N-ethyl adjacent to an activating group) is 1. The lowest BCUT2D eigenvalue weighted by Crippen LogP contribution is -2.40. The lowest BCUT2D eigenvalue weighted by atomic mass is 10.1. The van der Waals surface area contributed by atoms with Crippen LogP contribution in [-0.2, 0) is 6.54 Å². The maximum atomic E-state index is 13.7. The number of halogens is 1. The Balaban J connectivity index is 1.60. The van der Waals surface area contributed by atoms with E-state index >= 15 is 0 Å². The van der Waals surface area contributed by atoms with Crippen molar-refractivity contribution in [1.29, 1.82) is 0 Å². The Bertz CT molecular complexity index is 928. The number of aliphatic imine (C=N–C) groups is 1. The highest BCUT2D eigenvalue weighted by atomic mass is 19.1. The van der Waals surface area contributed by atoms with Crippen LogP contribution in [-0.4, -0.2) is 52.8 Å². The number of H-pyrrole nitrogens is 1. The Morgan fingerprint density at radius 3 is 2.86 bits per heavy atom. The second-order valence-corrected chi connectivity index (χ2v) is 6.41. The number of rotatable bonds is 8. The van der Waals surface area contributed by atoms with Crippen molar-refractivity contribution in [2.24, 2.45) is 4.99 Å². The van der Waals surface area contributed by atoms with Gasteiger partial charge in [0.1, 0.15) is 12.9 Å². The first kappa shape index (κ1) is 20.3. The van der Waals surface area contributed by atoms with E-state index in [9.17, 15) is 4.39 Å². The van der Waals surface area contributed by atoms with Gasteiger partial charge < -0.3 is 15.0 Å². The summed E-state index contributed by atoms with van der Waals surface area (Å²) in [6.07, 6.45) is 1.49. The number of para-hydroxylation sites is 1. The molecule has 0 bridgehead atoms. The molecule has 7 nitrogen and oxygen atoms in total. The number of benzene rings is 2. The summed E-state index contributed by atoms with van der Waals surface area (Å²) >= 11 is 0. The van der Waals surface area contributed by atoms with Crippen LogP contribution in [0.5, 0.6) is 5.75 Å². The monoisotopic (exact) mass is 396 g/mol. The van der Waals surface area contributed by atoms with Crippen molar-refractivity contribution < 1.29 is 9.13 Å². The molecule has 29 heavy (non-hydrogen) atoms. The van der Waals surface area contributed by atoms with Crippen LogP contribution in [0.2, 0.25) is 0 Å². The Kier molecular flexibility index (Phi) is 7.16. The third-order valence-corrected chi connectivity index (χ3v) is 4.24. The quantitative estimate of drug-likeness (QED) is 0.452. The molecule has 8 heteroatoms. The molecular weight excluding hydrogens is 371 g/mol. The first-order chi connectivity index (χ1) is 14.2. The van der Waals surface area contributed by atoms with Crippen molar-refractivity contribution in [2.45, 2.75) is 13.5 Å². The average Bonchev–Trinajstić information content (AvgIpc) is 3.27. The largest absolute Gasteiger partial charge is 0.489 e. The zero-order chi connectivity index (χ0) is 20.5. The molecule has 0 saturated carbocycles. The Labute approximate surface area is 169 Å². The SMILES string of the molecule is CCNC(=NCc1cccc(-c2ncn[nH]2)c1)N(C)CCOc1ccccc1F. The fourth-order valence-electron chi connectivity index (χ4n) is 2.76. The van der Waals surface area contributed by atoms with E-state index in [-0.39, 0.29) is 11.6 Å². The summed E-state index contributed by atoms with van der Waals surface area (Å²) in [6, 6.07) is 14.4. The molecule has 0 saturated heterocycles. The van der Waals surface area contributed by atoms with Crippen molar-refractivity contribution in [3.63, 3.8) is 0 Å². The van der Waals surface area contributed by atoms with Gasteiger partial charge in [-0.1, -0.05) is 30.3 Å². The van der Waals surface area contributed by atoms with Gasteiger partial charge in [-0.2, -0.15) is 5.10 Å². The van der Waals surface area contributed by atoms with Gasteiger partial charge in [-0.3, -0.25) is 5.10 Å². The van der Waals surface area contributed by atoms with E-state index in [1.807, 2.05) is 43.1 Å². The van der Waals surface area contributed by atoms with Gasteiger partial charge in [-0.05, 0) is 30.7 Å². The fraction of sp³-hybridized carbons (Fsp3) is 0.286. The first-order valence-corrected chi connectivity index (χ1v) is 9.49. The molecule has 0 aliphatic rings. The predicted octanol–water partition coefficient (Wildman–Crippen LogP) is 3.09. The van der Waals surface area contributed by atoms with E-state index in [1.54, 1.807) is 18.2 Å². The molecule has 0 amide bonds. The van der Waals surface area contributed by atoms with E-state index in [2.05, 4.69) is 20.5 Å². The number of aromatic amines is 1. The van der Waals surface area contributed by atoms with Crippen LogP contribution in [0.25, 0.3) is 11.4 Å². The van der Waals surface area contributed by atoms with Crippen molar-refractivity contribution in [3.8, 4) is 17.1 Å². The third-order valence-electron chi connectivity index (χ3n) is 4.24. The molecule has 0 fully saturated rings. The molecule has 0 atom stereocenters. The Hall–Kier alpha value is -3.42. The highest BCUT2D eigenvalue weighted by molar-refractivity contribution is 5.79. The van der Waals surface area contributed by atoms with Crippen LogP contribution >= 0.6 is 0 Å². The number of nitrogens with zero attached hydrogens (tertiary/aromatic N) is 4. The van der Waals surface area contributed by atoms with E-state index in [1.165, 1.54) is 12.4 Å². The number of hydrogen-bond acceptors (Lipinski definition) is 4. The van der Waals surface area contributed by atoms with Gasteiger partial charge in [0.05, 0.1) is 13.1 Å². The normalized spacial score (nSPS) is 11.3. The van der Waals surface area contributed by atoms with Gasteiger partial charge in [-0.15, -0.1) is 0 Å². The molecule has 0 spiro atoms. The minimum absolute atomic E-state index is 0.257. The lowest BCUT2D eigenvalue weighted by molar-refractivity contribution is 0.270. The zero-order valence-corrected chi connectivity index (χ0v) is 16.6. The molecule has 2 aromatic carbocycles. The van der Waals surface area contributed by atoms with Gasteiger partial charge >= 0.3 is 0 Å². The van der Waals surface area contributed by atoms with Crippen LogP contribution in [0.15, 0.2) is 59.9 Å². The van der Waals surface area contributed by atoms with Crippen molar-refractivity contribution in [2.75, 3.05) is 26.7 Å². The third kappa shape index (κ3) is 5.78. The van der Waals surface area contributed by atoms with Gasteiger partial charge in [0.25, 0.3) is 0 Å². The number of nitrogens with one attached hydrogen (secondary N) is 2. The van der Waals surface area contributed by atoms with Gasteiger partial charge in [0.15, 0.2) is 23.4 Å². The summed E-state index contributed by atoms with van der Waals surface area (Å²) in [4.78, 5) is 10.8. The summed E-state index contributed by atoms with van der Waals surface area (Å²) in [5, 5.41) is 10.0. The standard InChI is InChI=1S/C21H25FN6O/c1-3-23-21(28(2)11-12-29-19-10-5-4-9-18(19)22)24-14-16-7-6-8-17(13-16)20-25-15-26-27-20/h4-10,13,15H,3,11-12,14H2,1-2H3,(H,23,24)(H,25,26,27). The molecule has 1 heterocycles. The van der Waals surface area contributed by atoms with Crippen LogP contribution in [0, 0.1) is 5.82 Å². The maximum Gasteiger partial charge on any atom is 0.194 e. The summed E-state index contributed by atoms with van der Waals surface area (Å²) < 4.78 is 19.2. The van der Waals surface area contributed by atoms with Crippen LogP contribution in [0.4, 0.5) is 4.39 Å². The predicted molar refractivity (Wildman–Crippen MR) is 111 cm³/mol. The number of aromatic nitrogens is 3. The van der Waals surface area contributed by atoms with E-state index in [4.69, 9.17) is 9.73 Å². The van der Waals surface area contributed by atoms with Crippen molar-refractivity contribution in [1.82, 2.24) is 25.4 Å². The van der Waals surface area contributed by atoms with E-state index in [0.717, 1.165) is 29.5 Å². The lowest BCUT2D eigenvalue weighted by Gasteiger charge is -2.22. The number of ether oxygens (including phenoxy) is 1. The maximum absolute atomic E-state index is 13.7. The molecule has 3 rings (SSSR count). The molecule has 0 unspecified atom stereocenters. The highest BCUT2D eigenvalue weighted by Gasteiger charge is 2.08. The zero-order valence-electron chi connectivity index (χ0n) is 16.6. The summed E-state index contributed by atoms with van der Waals surface area (Å²) in [7, 11) is 1.93. The Morgan fingerprint density at radius 2 is 2.10 bits per heavy atom. The molecule has 2 N–H and O–H groups in total.